The minimum atomic E-state index is -0.636. The average molecular weight is 421 g/mol. The number of hydrogen-bond donors (Lipinski definition) is 0. The Bertz CT molecular complexity index is 1220. The number of methoxy groups -OCH3 is 1. The predicted molar refractivity (Wildman–Crippen MR) is 114 cm³/mol. The fraction of sp³-hybridized carbons (Fsp3) is 0.304. The van der Waals surface area contributed by atoms with E-state index in [0.29, 0.717) is 29.7 Å². The van der Waals surface area contributed by atoms with Crippen LogP contribution in [0.15, 0.2) is 47.3 Å². The van der Waals surface area contributed by atoms with Crippen molar-refractivity contribution in [2.24, 2.45) is 0 Å². The summed E-state index contributed by atoms with van der Waals surface area (Å²) in [5.41, 5.74) is 1.48. The summed E-state index contributed by atoms with van der Waals surface area (Å²) in [6, 6.07) is 12.1. The maximum absolute atomic E-state index is 12.5. The van der Waals surface area contributed by atoms with Crippen LogP contribution in [-0.4, -0.2) is 47.1 Å². The molecule has 0 saturated heterocycles. The van der Waals surface area contributed by atoms with E-state index in [1.54, 1.807) is 30.9 Å². The molecule has 2 aromatic carbocycles. The second-order valence-corrected chi connectivity index (χ2v) is 7.46. The van der Waals surface area contributed by atoms with Crippen molar-refractivity contribution in [2.75, 3.05) is 20.8 Å². The van der Waals surface area contributed by atoms with Gasteiger partial charge in [0.2, 0.25) is 0 Å². The Hall–Kier alpha value is -3.68. The standard InChI is InChI=1S/C23H23N3O5/c1-25(13-16-6-3-4-7-19(16)30-2)21(27)14-31-23(29)15-9-10-17-18(12-15)24-20-8-5-11-26(20)22(17)28/h3-4,6-7,9-10,12H,5,8,11,13-14H2,1-2H3. The minimum absolute atomic E-state index is 0.0921. The number of ether oxygens (including phenoxy) is 2. The second kappa shape index (κ2) is 8.59. The lowest BCUT2D eigenvalue weighted by Crippen LogP contribution is -2.31. The zero-order chi connectivity index (χ0) is 22.0. The number of carbonyl (C=O) groups excluding carboxylic acids is 2. The lowest BCUT2D eigenvalue weighted by atomic mass is 10.1. The van der Waals surface area contributed by atoms with E-state index >= 15 is 0 Å². The number of esters is 1. The van der Waals surface area contributed by atoms with E-state index in [9.17, 15) is 14.4 Å². The molecule has 0 saturated carbocycles. The summed E-state index contributed by atoms with van der Waals surface area (Å²) in [6.45, 7) is 0.615. The average Bonchev–Trinajstić information content (AvgIpc) is 3.26. The Balaban J connectivity index is 1.42. The molecule has 1 aromatic heterocycles. The Morgan fingerprint density at radius 1 is 1.19 bits per heavy atom. The lowest BCUT2D eigenvalue weighted by molar-refractivity contribution is -0.133. The van der Waals surface area contributed by atoms with Crippen LogP contribution in [0.4, 0.5) is 0 Å². The number of rotatable bonds is 6. The van der Waals surface area contributed by atoms with E-state index in [0.717, 1.165) is 24.2 Å². The maximum Gasteiger partial charge on any atom is 0.338 e. The summed E-state index contributed by atoms with van der Waals surface area (Å²) in [5.74, 6) is 0.443. The smallest absolute Gasteiger partial charge is 0.338 e. The Labute approximate surface area is 179 Å². The number of carbonyl (C=O) groups is 2. The fourth-order valence-electron chi connectivity index (χ4n) is 3.71. The predicted octanol–water partition coefficient (Wildman–Crippen LogP) is 2.17. The van der Waals surface area contributed by atoms with Crippen molar-refractivity contribution in [3.8, 4) is 5.75 Å². The van der Waals surface area contributed by atoms with Gasteiger partial charge in [-0.05, 0) is 30.7 Å². The van der Waals surface area contributed by atoms with E-state index in [2.05, 4.69) is 4.98 Å². The molecule has 3 aromatic rings. The molecule has 0 spiro atoms. The van der Waals surface area contributed by atoms with Crippen LogP contribution >= 0.6 is 0 Å². The molecule has 0 fully saturated rings. The number of benzene rings is 2. The number of amides is 1. The highest BCUT2D eigenvalue weighted by Crippen LogP contribution is 2.19. The van der Waals surface area contributed by atoms with Gasteiger partial charge in [0.25, 0.3) is 11.5 Å². The monoisotopic (exact) mass is 421 g/mol. The zero-order valence-corrected chi connectivity index (χ0v) is 17.5. The molecule has 1 amide bonds. The molecule has 0 unspecified atom stereocenters. The Morgan fingerprint density at radius 2 is 2.00 bits per heavy atom. The zero-order valence-electron chi connectivity index (χ0n) is 17.5. The molecule has 0 atom stereocenters. The van der Waals surface area contributed by atoms with Gasteiger partial charge in [-0.25, -0.2) is 9.78 Å². The topological polar surface area (TPSA) is 90.7 Å². The first-order valence-corrected chi connectivity index (χ1v) is 10.0. The summed E-state index contributed by atoms with van der Waals surface area (Å²) in [6.07, 6.45) is 1.63. The lowest BCUT2D eigenvalue weighted by Gasteiger charge is -2.18. The molecule has 160 valence electrons. The summed E-state index contributed by atoms with van der Waals surface area (Å²) in [5, 5.41) is 0.467. The van der Waals surface area contributed by atoms with Crippen LogP contribution in [-0.2, 0) is 29.0 Å². The first kappa shape index (κ1) is 20.6. The van der Waals surface area contributed by atoms with E-state index in [-0.39, 0.29) is 23.6 Å². The van der Waals surface area contributed by atoms with Crippen molar-refractivity contribution < 1.29 is 19.1 Å². The SMILES string of the molecule is COc1ccccc1CN(C)C(=O)COC(=O)c1ccc2c(=O)n3c(nc2c1)CCC3. The highest BCUT2D eigenvalue weighted by molar-refractivity contribution is 5.95. The van der Waals surface area contributed by atoms with Gasteiger partial charge in [-0.1, -0.05) is 18.2 Å². The minimum Gasteiger partial charge on any atom is -0.496 e. The maximum atomic E-state index is 12.5. The van der Waals surface area contributed by atoms with E-state index in [1.807, 2.05) is 24.3 Å². The molecular formula is C23H23N3O5. The number of fused-ring (bicyclic) bond motifs is 2. The number of aryl methyl sites for hydroxylation is 1. The quantitative estimate of drug-likeness (QED) is 0.567. The van der Waals surface area contributed by atoms with Crippen molar-refractivity contribution in [1.82, 2.24) is 14.5 Å². The summed E-state index contributed by atoms with van der Waals surface area (Å²) >= 11 is 0. The first-order chi connectivity index (χ1) is 15.0. The van der Waals surface area contributed by atoms with Gasteiger partial charge in [-0.3, -0.25) is 14.2 Å². The summed E-state index contributed by atoms with van der Waals surface area (Å²) < 4.78 is 12.2. The third kappa shape index (κ3) is 4.14. The van der Waals surface area contributed by atoms with Crippen LogP contribution < -0.4 is 10.3 Å². The molecule has 1 aliphatic heterocycles. The molecule has 1 aliphatic rings. The van der Waals surface area contributed by atoms with Crippen LogP contribution in [0.5, 0.6) is 5.75 Å². The van der Waals surface area contributed by atoms with Gasteiger partial charge in [0.1, 0.15) is 11.6 Å². The molecule has 2 heterocycles. The van der Waals surface area contributed by atoms with Crippen molar-refractivity contribution in [3.05, 3.63) is 69.8 Å². The van der Waals surface area contributed by atoms with Gasteiger partial charge < -0.3 is 14.4 Å². The number of para-hydroxylation sites is 1. The molecule has 31 heavy (non-hydrogen) atoms. The Morgan fingerprint density at radius 3 is 2.81 bits per heavy atom. The Kier molecular flexibility index (Phi) is 5.70. The fourth-order valence-corrected chi connectivity index (χ4v) is 3.71. The van der Waals surface area contributed by atoms with E-state index in [1.165, 1.54) is 11.0 Å². The van der Waals surface area contributed by atoms with Crippen LogP contribution in [0.2, 0.25) is 0 Å². The molecule has 8 heteroatoms. The van der Waals surface area contributed by atoms with Crippen LogP contribution in [0.25, 0.3) is 10.9 Å². The third-order valence-electron chi connectivity index (χ3n) is 5.40. The van der Waals surface area contributed by atoms with Crippen molar-refractivity contribution >= 4 is 22.8 Å². The van der Waals surface area contributed by atoms with E-state index in [4.69, 9.17) is 9.47 Å². The van der Waals surface area contributed by atoms with Gasteiger partial charge in [0.15, 0.2) is 6.61 Å². The van der Waals surface area contributed by atoms with Crippen molar-refractivity contribution in [3.63, 3.8) is 0 Å². The summed E-state index contributed by atoms with van der Waals surface area (Å²) in [4.78, 5) is 43.4. The van der Waals surface area contributed by atoms with Crippen LogP contribution in [0.3, 0.4) is 0 Å². The van der Waals surface area contributed by atoms with Crippen LogP contribution in [0.1, 0.15) is 28.2 Å². The highest BCUT2D eigenvalue weighted by atomic mass is 16.5. The van der Waals surface area contributed by atoms with E-state index < -0.39 is 5.97 Å². The molecule has 0 radical (unpaired) electrons. The first-order valence-electron chi connectivity index (χ1n) is 10.0. The van der Waals surface area contributed by atoms with Crippen LogP contribution in [0, 0.1) is 0 Å². The number of nitrogens with zero attached hydrogens (tertiary/aromatic N) is 3. The van der Waals surface area contributed by atoms with Crippen molar-refractivity contribution in [2.45, 2.75) is 25.9 Å². The van der Waals surface area contributed by atoms with Gasteiger partial charge in [-0.15, -0.1) is 0 Å². The van der Waals surface area contributed by atoms with Crippen molar-refractivity contribution in [1.29, 1.82) is 0 Å². The molecule has 4 rings (SSSR count). The summed E-state index contributed by atoms with van der Waals surface area (Å²) in [7, 11) is 3.21. The number of likely N-dealkylation sites (N-methyl/N-ethyl adjacent to an activating group) is 1. The molecule has 0 aliphatic carbocycles. The largest absolute Gasteiger partial charge is 0.496 e. The van der Waals surface area contributed by atoms with Gasteiger partial charge >= 0.3 is 5.97 Å². The normalized spacial score (nSPS) is 12.5. The number of hydrogen-bond acceptors (Lipinski definition) is 6. The molecule has 0 bridgehead atoms. The van der Waals surface area contributed by atoms with Gasteiger partial charge in [0, 0.05) is 32.1 Å². The second-order valence-electron chi connectivity index (χ2n) is 7.46. The highest BCUT2D eigenvalue weighted by Gasteiger charge is 2.19. The van der Waals surface area contributed by atoms with Gasteiger partial charge in [-0.2, -0.15) is 0 Å². The molecule has 0 N–H and O–H groups in total. The molecule has 8 nitrogen and oxygen atoms in total. The van der Waals surface area contributed by atoms with Gasteiger partial charge in [0.05, 0.1) is 23.6 Å². The third-order valence-corrected chi connectivity index (χ3v) is 5.40. The number of aromatic nitrogens is 2. The molecular weight excluding hydrogens is 398 g/mol.